The van der Waals surface area contributed by atoms with Gasteiger partial charge in [-0.1, -0.05) is 23.7 Å². The van der Waals surface area contributed by atoms with Crippen LogP contribution in [-0.2, 0) is 11.3 Å². The van der Waals surface area contributed by atoms with Gasteiger partial charge in [0.1, 0.15) is 0 Å². The zero-order valence-corrected chi connectivity index (χ0v) is 12.7. The zero-order chi connectivity index (χ0) is 15.7. The summed E-state index contributed by atoms with van der Waals surface area (Å²) in [6.07, 6.45) is -2.50. The van der Waals surface area contributed by atoms with Gasteiger partial charge < -0.3 is 20.1 Å². The number of para-hydroxylation sites is 1. The lowest BCUT2D eigenvalue weighted by molar-refractivity contribution is 0.152. The van der Waals surface area contributed by atoms with Gasteiger partial charge in [-0.3, -0.25) is 0 Å². The Morgan fingerprint density at radius 1 is 1.43 bits per heavy atom. The van der Waals surface area contributed by atoms with Crippen molar-refractivity contribution in [1.82, 2.24) is 5.32 Å². The summed E-state index contributed by atoms with van der Waals surface area (Å²) in [4.78, 5) is 1.42. The van der Waals surface area contributed by atoms with Gasteiger partial charge in [-0.15, -0.1) is 0 Å². The number of anilines is 1. The standard InChI is InChI=1S/C14H21ClF2N2O2/c1-21-8-5-18-9-11-3-2-4-12(15)14(11)19(6-7-20)10-13(16)17/h2-4,13,18,20H,5-10H2,1H3. The van der Waals surface area contributed by atoms with Crippen LogP contribution in [0.3, 0.4) is 0 Å². The molecule has 0 amide bonds. The smallest absolute Gasteiger partial charge is 0.255 e. The number of hydrogen-bond acceptors (Lipinski definition) is 4. The van der Waals surface area contributed by atoms with Crippen LogP contribution in [0.15, 0.2) is 18.2 Å². The first-order chi connectivity index (χ1) is 10.1. The quantitative estimate of drug-likeness (QED) is 0.648. The predicted molar refractivity (Wildman–Crippen MR) is 80.3 cm³/mol. The first-order valence-corrected chi connectivity index (χ1v) is 7.09. The van der Waals surface area contributed by atoms with Crippen LogP contribution in [0.4, 0.5) is 14.5 Å². The van der Waals surface area contributed by atoms with Crippen LogP contribution in [0.1, 0.15) is 5.56 Å². The van der Waals surface area contributed by atoms with Gasteiger partial charge in [-0.2, -0.15) is 0 Å². The summed E-state index contributed by atoms with van der Waals surface area (Å²) in [5.41, 5.74) is 1.35. The highest BCUT2D eigenvalue weighted by molar-refractivity contribution is 6.33. The Labute approximate surface area is 128 Å². The highest BCUT2D eigenvalue weighted by Gasteiger charge is 2.18. The Hall–Kier alpha value is -0.950. The van der Waals surface area contributed by atoms with Crippen molar-refractivity contribution < 1.29 is 18.6 Å². The van der Waals surface area contributed by atoms with E-state index in [4.69, 9.17) is 21.4 Å². The molecule has 21 heavy (non-hydrogen) atoms. The second-order valence-corrected chi connectivity index (χ2v) is 4.89. The fourth-order valence-electron chi connectivity index (χ4n) is 2.04. The van der Waals surface area contributed by atoms with E-state index in [9.17, 15) is 8.78 Å². The number of aliphatic hydroxyl groups excluding tert-OH is 1. The van der Waals surface area contributed by atoms with Gasteiger partial charge in [0.2, 0.25) is 0 Å². The summed E-state index contributed by atoms with van der Waals surface area (Å²) in [5.74, 6) is 0. The number of nitrogens with one attached hydrogen (secondary N) is 1. The number of ether oxygens (including phenoxy) is 1. The van der Waals surface area contributed by atoms with Crippen molar-refractivity contribution in [3.8, 4) is 0 Å². The number of benzene rings is 1. The molecular formula is C14H21ClF2N2O2. The largest absolute Gasteiger partial charge is 0.395 e. The van der Waals surface area contributed by atoms with Crippen LogP contribution in [0.5, 0.6) is 0 Å². The maximum Gasteiger partial charge on any atom is 0.255 e. The van der Waals surface area contributed by atoms with Crippen molar-refractivity contribution in [1.29, 1.82) is 0 Å². The number of rotatable bonds is 10. The van der Waals surface area contributed by atoms with Crippen molar-refractivity contribution in [3.05, 3.63) is 28.8 Å². The van der Waals surface area contributed by atoms with E-state index in [-0.39, 0.29) is 13.2 Å². The summed E-state index contributed by atoms with van der Waals surface area (Å²) in [7, 11) is 1.61. The summed E-state index contributed by atoms with van der Waals surface area (Å²) >= 11 is 6.16. The molecule has 0 aliphatic carbocycles. The Morgan fingerprint density at radius 2 is 2.19 bits per heavy atom. The predicted octanol–water partition coefficient (Wildman–Crippen LogP) is 2.14. The van der Waals surface area contributed by atoms with Crippen molar-refractivity contribution in [2.75, 3.05) is 44.9 Å². The minimum absolute atomic E-state index is 0.110. The highest BCUT2D eigenvalue weighted by Crippen LogP contribution is 2.30. The third-order valence-corrected chi connectivity index (χ3v) is 3.22. The summed E-state index contributed by atoms with van der Waals surface area (Å²) in [5, 5.41) is 12.6. The molecule has 7 heteroatoms. The van der Waals surface area contributed by atoms with Crippen molar-refractivity contribution >= 4 is 17.3 Å². The Kier molecular flexibility index (Phi) is 8.52. The van der Waals surface area contributed by atoms with Gasteiger partial charge in [0, 0.05) is 26.7 Å². The minimum Gasteiger partial charge on any atom is -0.395 e. The average Bonchev–Trinajstić information content (AvgIpc) is 2.43. The van der Waals surface area contributed by atoms with E-state index in [1.165, 1.54) is 4.90 Å². The molecular weight excluding hydrogens is 302 g/mol. The first kappa shape index (κ1) is 18.1. The maximum absolute atomic E-state index is 12.7. The summed E-state index contributed by atoms with van der Waals surface area (Å²) < 4.78 is 30.4. The van der Waals surface area contributed by atoms with Crippen LogP contribution in [0.2, 0.25) is 5.02 Å². The van der Waals surface area contributed by atoms with Crippen LogP contribution in [0.25, 0.3) is 0 Å². The first-order valence-electron chi connectivity index (χ1n) is 6.71. The van der Waals surface area contributed by atoms with Gasteiger partial charge in [0.05, 0.1) is 30.5 Å². The number of nitrogens with zero attached hydrogens (tertiary/aromatic N) is 1. The maximum atomic E-state index is 12.7. The molecule has 1 rings (SSSR count). The minimum atomic E-state index is -2.50. The number of methoxy groups -OCH3 is 1. The monoisotopic (exact) mass is 322 g/mol. The Balaban J connectivity index is 2.90. The molecule has 0 saturated heterocycles. The van der Waals surface area contributed by atoms with Crippen molar-refractivity contribution in [2.24, 2.45) is 0 Å². The van der Waals surface area contributed by atoms with E-state index in [0.717, 1.165) is 5.56 Å². The molecule has 0 aliphatic rings. The molecule has 1 aromatic rings. The third-order valence-electron chi connectivity index (χ3n) is 2.91. The fraction of sp³-hybridized carbons (Fsp3) is 0.571. The van der Waals surface area contributed by atoms with Crippen LogP contribution in [0, 0.1) is 0 Å². The third kappa shape index (κ3) is 6.13. The number of aliphatic hydroxyl groups is 1. The summed E-state index contributed by atoms with van der Waals surface area (Å²) in [6, 6.07) is 5.26. The van der Waals surface area contributed by atoms with Gasteiger partial charge in [-0.05, 0) is 11.6 Å². The molecule has 0 fully saturated rings. The van der Waals surface area contributed by atoms with E-state index >= 15 is 0 Å². The summed E-state index contributed by atoms with van der Waals surface area (Å²) in [6.45, 7) is 1.14. The molecule has 0 atom stereocenters. The zero-order valence-electron chi connectivity index (χ0n) is 12.0. The molecule has 0 aliphatic heterocycles. The van der Waals surface area contributed by atoms with E-state index in [2.05, 4.69) is 5.32 Å². The molecule has 0 unspecified atom stereocenters. The van der Waals surface area contributed by atoms with E-state index in [1.54, 1.807) is 19.2 Å². The molecule has 0 bridgehead atoms. The number of hydrogen-bond donors (Lipinski definition) is 2. The molecule has 2 N–H and O–H groups in total. The van der Waals surface area contributed by atoms with Gasteiger partial charge in [-0.25, -0.2) is 8.78 Å². The van der Waals surface area contributed by atoms with E-state index in [0.29, 0.717) is 30.4 Å². The molecule has 0 spiro atoms. The Morgan fingerprint density at radius 3 is 2.81 bits per heavy atom. The van der Waals surface area contributed by atoms with Crippen molar-refractivity contribution in [3.63, 3.8) is 0 Å². The van der Waals surface area contributed by atoms with E-state index in [1.807, 2.05) is 6.07 Å². The lowest BCUT2D eigenvalue weighted by Gasteiger charge is -2.27. The van der Waals surface area contributed by atoms with Crippen LogP contribution >= 0.6 is 11.6 Å². The fourth-order valence-corrected chi connectivity index (χ4v) is 2.35. The average molecular weight is 323 g/mol. The molecule has 0 heterocycles. The topological polar surface area (TPSA) is 44.7 Å². The highest BCUT2D eigenvalue weighted by atomic mass is 35.5. The molecule has 0 saturated carbocycles. The second kappa shape index (κ2) is 9.89. The van der Waals surface area contributed by atoms with Crippen LogP contribution < -0.4 is 10.2 Å². The van der Waals surface area contributed by atoms with Crippen molar-refractivity contribution in [2.45, 2.75) is 13.0 Å². The van der Waals surface area contributed by atoms with Gasteiger partial charge in [0.15, 0.2) is 0 Å². The number of halogens is 3. The lowest BCUT2D eigenvalue weighted by Crippen LogP contribution is -2.33. The van der Waals surface area contributed by atoms with Crippen LogP contribution in [-0.4, -0.2) is 51.5 Å². The molecule has 4 nitrogen and oxygen atoms in total. The normalized spacial score (nSPS) is 11.1. The molecule has 0 aromatic heterocycles. The lowest BCUT2D eigenvalue weighted by atomic mass is 10.1. The molecule has 120 valence electrons. The van der Waals surface area contributed by atoms with Gasteiger partial charge in [0.25, 0.3) is 6.43 Å². The van der Waals surface area contributed by atoms with Gasteiger partial charge >= 0.3 is 0 Å². The van der Waals surface area contributed by atoms with E-state index < -0.39 is 13.0 Å². The Bertz CT molecular complexity index is 422. The molecule has 0 radical (unpaired) electrons. The number of alkyl halides is 2. The molecule has 1 aromatic carbocycles. The second-order valence-electron chi connectivity index (χ2n) is 4.48. The SMILES string of the molecule is COCCNCc1cccc(Cl)c1N(CCO)CC(F)F.